The number of carbonyl (C=O) groups is 1. The minimum atomic E-state index is -0.665. The van der Waals surface area contributed by atoms with Crippen LogP contribution in [-0.2, 0) is 11.3 Å². The zero-order valence-corrected chi connectivity index (χ0v) is 14.9. The quantitative estimate of drug-likeness (QED) is 0.664. The molecule has 0 saturated carbocycles. The smallest absolute Gasteiger partial charge is 0.306 e. The predicted octanol–water partition coefficient (Wildman–Crippen LogP) is 4.19. The number of unbranched alkanes of at least 4 members (excludes halogenated alkanes) is 1. The van der Waals surface area contributed by atoms with Crippen molar-refractivity contribution in [2.75, 3.05) is 13.6 Å². The third-order valence-electron chi connectivity index (χ3n) is 3.86. The second-order valence-corrected chi connectivity index (χ2v) is 6.51. The average molecular weight is 321 g/mol. The van der Waals surface area contributed by atoms with Gasteiger partial charge < -0.3 is 14.7 Å². The monoisotopic (exact) mass is 321 g/mol. The van der Waals surface area contributed by atoms with Crippen LogP contribution in [0.5, 0.6) is 5.75 Å². The first-order valence-corrected chi connectivity index (χ1v) is 8.59. The highest BCUT2D eigenvalue weighted by molar-refractivity contribution is 5.69. The Balaban J connectivity index is 2.43. The van der Waals surface area contributed by atoms with E-state index in [1.165, 1.54) is 5.56 Å². The number of hydrogen-bond acceptors (Lipinski definition) is 3. The van der Waals surface area contributed by atoms with Gasteiger partial charge in [-0.15, -0.1) is 0 Å². The normalized spacial score (nSPS) is 12.6. The molecule has 0 bridgehead atoms. The number of hydrogen-bond donors (Lipinski definition) is 1. The van der Waals surface area contributed by atoms with Crippen LogP contribution in [0.15, 0.2) is 24.3 Å². The molecule has 1 aromatic rings. The molecule has 4 nitrogen and oxygen atoms in total. The predicted molar refractivity (Wildman–Crippen MR) is 93.8 cm³/mol. The van der Waals surface area contributed by atoms with Crippen molar-refractivity contribution in [3.8, 4) is 5.75 Å². The molecular formula is C19H31NO3. The molecule has 4 heteroatoms. The molecule has 0 aromatic heterocycles. The highest BCUT2D eigenvalue weighted by atomic mass is 16.5. The Hall–Kier alpha value is -1.55. The lowest BCUT2D eigenvalue weighted by atomic mass is 9.98. The van der Waals surface area contributed by atoms with Crippen molar-refractivity contribution in [1.29, 1.82) is 0 Å². The second-order valence-electron chi connectivity index (χ2n) is 6.51. The molecule has 1 N–H and O–H groups in total. The van der Waals surface area contributed by atoms with Gasteiger partial charge in [-0.25, -0.2) is 0 Å². The molecule has 1 atom stereocenters. The molecule has 0 spiro atoms. The molecule has 0 radical (unpaired) electrons. The summed E-state index contributed by atoms with van der Waals surface area (Å²) in [5, 5.41) is 9.27. The van der Waals surface area contributed by atoms with E-state index in [0.29, 0.717) is 6.42 Å². The average Bonchev–Trinajstić information content (AvgIpc) is 2.48. The van der Waals surface area contributed by atoms with Crippen LogP contribution in [0.3, 0.4) is 0 Å². The van der Waals surface area contributed by atoms with Crippen LogP contribution in [-0.4, -0.2) is 35.7 Å². The lowest BCUT2D eigenvalue weighted by molar-refractivity contribution is -0.142. The maximum Gasteiger partial charge on any atom is 0.306 e. The number of nitrogens with zero attached hydrogens (tertiary/aromatic N) is 1. The number of carboxylic acids is 1. The van der Waals surface area contributed by atoms with Gasteiger partial charge in [-0.3, -0.25) is 4.79 Å². The first-order valence-electron chi connectivity index (χ1n) is 8.59. The Morgan fingerprint density at radius 1 is 1.22 bits per heavy atom. The lowest BCUT2D eigenvalue weighted by Gasteiger charge is -2.20. The largest absolute Gasteiger partial charge is 0.491 e. The molecule has 0 amide bonds. The number of rotatable bonds is 11. The summed E-state index contributed by atoms with van der Waals surface area (Å²) in [5.74, 6) is -0.00170. The number of aliphatic carboxylic acids is 1. The third-order valence-corrected chi connectivity index (χ3v) is 3.86. The zero-order valence-electron chi connectivity index (χ0n) is 14.9. The molecule has 1 rings (SSSR count). The Labute approximate surface area is 140 Å². The van der Waals surface area contributed by atoms with E-state index in [1.807, 2.05) is 33.0 Å². The SMILES string of the molecule is CCCCC(CCN(C)Cc1ccc(OC(C)C)cc1)C(=O)O. The maximum atomic E-state index is 11.3. The molecule has 1 aromatic carbocycles. The minimum absolute atomic E-state index is 0.180. The van der Waals surface area contributed by atoms with Gasteiger partial charge in [0.2, 0.25) is 0 Å². The molecule has 0 aliphatic rings. The van der Waals surface area contributed by atoms with Crippen molar-refractivity contribution < 1.29 is 14.6 Å². The molecular weight excluding hydrogens is 290 g/mol. The lowest BCUT2D eigenvalue weighted by Crippen LogP contribution is -2.24. The molecule has 23 heavy (non-hydrogen) atoms. The van der Waals surface area contributed by atoms with E-state index in [4.69, 9.17) is 4.74 Å². The van der Waals surface area contributed by atoms with Gasteiger partial charge >= 0.3 is 5.97 Å². The summed E-state index contributed by atoms with van der Waals surface area (Å²) < 4.78 is 5.64. The van der Waals surface area contributed by atoms with Gasteiger partial charge in [0.25, 0.3) is 0 Å². The molecule has 0 fully saturated rings. The minimum Gasteiger partial charge on any atom is -0.491 e. The summed E-state index contributed by atoms with van der Waals surface area (Å²) in [7, 11) is 2.04. The van der Waals surface area contributed by atoms with Gasteiger partial charge in [0.1, 0.15) is 5.75 Å². The van der Waals surface area contributed by atoms with Crippen LogP contribution in [0.4, 0.5) is 0 Å². The van der Waals surface area contributed by atoms with Gasteiger partial charge in [-0.1, -0.05) is 31.9 Å². The van der Waals surface area contributed by atoms with Gasteiger partial charge in [0.15, 0.2) is 0 Å². The fourth-order valence-corrected chi connectivity index (χ4v) is 2.55. The number of ether oxygens (including phenoxy) is 1. The molecule has 1 unspecified atom stereocenters. The summed E-state index contributed by atoms with van der Waals surface area (Å²) in [6.07, 6.45) is 3.70. The van der Waals surface area contributed by atoms with Crippen molar-refractivity contribution in [3.63, 3.8) is 0 Å². The van der Waals surface area contributed by atoms with Gasteiger partial charge in [0, 0.05) is 6.54 Å². The summed E-state index contributed by atoms with van der Waals surface area (Å²) in [4.78, 5) is 13.5. The summed E-state index contributed by atoms with van der Waals surface area (Å²) in [6, 6.07) is 8.12. The van der Waals surface area contributed by atoms with Crippen LogP contribution in [0, 0.1) is 5.92 Å². The third kappa shape index (κ3) is 8.03. The van der Waals surface area contributed by atoms with Crippen molar-refractivity contribution in [2.24, 2.45) is 5.92 Å². The molecule has 0 aliphatic heterocycles. The van der Waals surface area contributed by atoms with Crippen LogP contribution >= 0.6 is 0 Å². The van der Waals surface area contributed by atoms with E-state index in [9.17, 15) is 9.90 Å². The van der Waals surface area contributed by atoms with Crippen molar-refractivity contribution in [2.45, 2.75) is 59.1 Å². The number of benzene rings is 1. The first kappa shape index (κ1) is 19.5. The van der Waals surface area contributed by atoms with E-state index < -0.39 is 5.97 Å². The summed E-state index contributed by atoms with van der Waals surface area (Å²) in [5.41, 5.74) is 1.21. The first-order chi connectivity index (χ1) is 10.9. The Bertz CT molecular complexity index is 456. The molecule has 130 valence electrons. The number of carboxylic acid groups (broad SMARTS) is 1. The van der Waals surface area contributed by atoms with E-state index in [0.717, 1.165) is 38.1 Å². The highest BCUT2D eigenvalue weighted by Gasteiger charge is 2.17. The highest BCUT2D eigenvalue weighted by Crippen LogP contribution is 2.17. The fraction of sp³-hybridized carbons (Fsp3) is 0.632. The van der Waals surface area contributed by atoms with E-state index >= 15 is 0 Å². The van der Waals surface area contributed by atoms with Crippen molar-refractivity contribution in [1.82, 2.24) is 4.90 Å². The molecule has 0 aliphatic carbocycles. The molecule has 0 saturated heterocycles. The Kier molecular flexibility index (Phi) is 8.70. The Morgan fingerprint density at radius 3 is 2.39 bits per heavy atom. The second kappa shape index (κ2) is 10.3. The summed E-state index contributed by atoms with van der Waals surface area (Å²) in [6.45, 7) is 7.74. The zero-order chi connectivity index (χ0) is 17.2. The van der Waals surface area contributed by atoms with Gasteiger partial charge in [-0.05, 0) is 58.0 Å². The Morgan fingerprint density at radius 2 is 1.87 bits per heavy atom. The molecule has 0 heterocycles. The van der Waals surface area contributed by atoms with Gasteiger partial charge in [-0.2, -0.15) is 0 Å². The fourth-order valence-electron chi connectivity index (χ4n) is 2.55. The van der Waals surface area contributed by atoms with E-state index in [-0.39, 0.29) is 12.0 Å². The van der Waals surface area contributed by atoms with Gasteiger partial charge in [0.05, 0.1) is 12.0 Å². The van der Waals surface area contributed by atoms with Crippen LogP contribution in [0.1, 0.15) is 52.0 Å². The van der Waals surface area contributed by atoms with E-state index in [2.05, 4.69) is 24.0 Å². The maximum absolute atomic E-state index is 11.3. The standard InChI is InChI=1S/C19H31NO3/c1-5-6-7-17(19(21)22)12-13-20(4)14-16-8-10-18(11-9-16)23-15(2)3/h8-11,15,17H,5-7,12-14H2,1-4H3,(H,21,22). The topological polar surface area (TPSA) is 49.8 Å². The van der Waals surface area contributed by atoms with Crippen LogP contribution in [0.25, 0.3) is 0 Å². The van der Waals surface area contributed by atoms with Crippen LogP contribution < -0.4 is 4.74 Å². The van der Waals surface area contributed by atoms with E-state index in [1.54, 1.807) is 0 Å². The van der Waals surface area contributed by atoms with Crippen molar-refractivity contribution in [3.05, 3.63) is 29.8 Å². The summed E-state index contributed by atoms with van der Waals surface area (Å²) >= 11 is 0. The van der Waals surface area contributed by atoms with Crippen molar-refractivity contribution >= 4 is 5.97 Å². The van der Waals surface area contributed by atoms with Crippen LogP contribution in [0.2, 0.25) is 0 Å².